The molecule has 0 bridgehead atoms. The van der Waals surface area contributed by atoms with E-state index in [4.69, 9.17) is 61.6 Å². The number of rotatable bonds is 48. The van der Waals surface area contributed by atoms with Crippen LogP contribution in [0.25, 0.3) is 22.0 Å². The van der Waals surface area contributed by atoms with Crippen molar-refractivity contribution in [3.63, 3.8) is 0 Å². The number of aromatic hydroxyl groups is 1. The monoisotopic (exact) mass is 1130 g/mol. The van der Waals surface area contributed by atoms with Crippen LogP contribution in [-0.2, 0) is 77.7 Å². The summed E-state index contributed by atoms with van der Waals surface area (Å²) in [5, 5.41) is 23.2. The van der Waals surface area contributed by atoms with Crippen LogP contribution in [0.5, 0.6) is 5.75 Å². The zero-order valence-corrected chi connectivity index (χ0v) is 46.5. The van der Waals surface area contributed by atoms with Crippen molar-refractivity contribution in [2.75, 3.05) is 178 Å². The number of hydrogen-bond donors (Lipinski definition) is 5. The fourth-order valence-electron chi connectivity index (χ4n) is 8.01. The van der Waals surface area contributed by atoms with Crippen molar-refractivity contribution in [2.24, 2.45) is 0 Å². The van der Waals surface area contributed by atoms with Gasteiger partial charge in [-0.05, 0) is 41.7 Å². The zero-order valence-electron chi connectivity index (χ0n) is 45.7. The summed E-state index contributed by atoms with van der Waals surface area (Å²) in [6.07, 6.45) is 3.53. The van der Waals surface area contributed by atoms with Gasteiger partial charge in [-0.15, -0.1) is 0 Å². The minimum Gasteiger partial charge on any atom is -0.507 e. The highest BCUT2D eigenvalue weighted by atomic mass is 32.2. The molecule has 5 rings (SSSR count). The van der Waals surface area contributed by atoms with Gasteiger partial charge < -0.3 is 88.0 Å². The molecule has 1 aromatic heterocycles. The lowest BCUT2D eigenvalue weighted by Gasteiger charge is -2.16. The van der Waals surface area contributed by atoms with E-state index >= 15 is 0 Å². The normalized spacial score (nSPS) is 15.8. The maximum absolute atomic E-state index is 12.3. The Kier molecular flexibility index (Phi) is 33.9. The molecule has 24 heteroatoms. The average molecular weight is 1130 g/mol. The van der Waals surface area contributed by atoms with Gasteiger partial charge in [0.1, 0.15) is 5.75 Å². The first-order chi connectivity index (χ1) is 38.8. The molecule has 0 saturated carbocycles. The highest BCUT2D eigenvalue weighted by Gasteiger charge is 2.42. The molecule has 442 valence electrons. The number of nitrogens with one attached hydrogen (secondary N) is 4. The molecule has 2 saturated heterocycles. The molecule has 2 fully saturated rings. The summed E-state index contributed by atoms with van der Waals surface area (Å²) in [7, 11) is 1.26. The van der Waals surface area contributed by atoms with Crippen LogP contribution in [0.3, 0.4) is 0 Å². The Hall–Kier alpha value is -4.80. The van der Waals surface area contributed by atoms with Crippen LogP contribution in [-0.4, -0.2) is 229 Å². The Morgan fingerprint density at radius 2 is 1.04 bits per heavy atom. The number of ether oxygens (including phenoxy) is 13. The molecule has 2 aromatic carbocycles. The molecule has 3 aromatic rings. The average Bonchev–Trinajstić information content (AvgIpc) is 4.05. The first-order valence-corrected chi connectivity index (χ1v) is 28.3. The highest BCUT2D eigenvalue weighted by molar-refractivity contribution is 8.00. The second-order valence-corrected chi connectivity index (χ2v) is 19.3. The second-order valence-electron chi connectivity index (χ2n) is 18.0. The molecule has 0 radical (unpaired) electrons. The van der Waals surface area contributed by atoms with Crippen molar-refractivity contribution >= 4 is 46.5 Å². The van der Waals surface area contributed by atoms with Crippen LogP contribution in [0.4, 0.5) is 4.79 Å². The minimum atomic E-state index is -0.620. The largest absolute Gasteiger partial charge is 0.507 e. The van der Waals surface area contributed by atoms with Crippen molar-refractivity contribution in [1.29, 1.82) is 0 Å². The third kappa shape index (κ3) is 28.0. The molecule has 23 nitrogen and oxygen atoms in total. The Bertz CT molecular complexity index is 2170. The van der Waals surface area contributed by atoms with E-state index in [0.29, 0.717) is 188 Å². The maximum atomic E-state index is 12.3. The van der Waals surface area contributed by atoms with Crippen molar-refractivity contribution in [1.82, 2.24) is 26.3 Å². The first kappa shape index (κ1) is 65.0. The topological polar surface area (TPSA) is 270 Å². The Morgan fingerprint density at radius 3 is 1.54 bits per heavy atom. The van der Waals surface area contributed by atoms with E-state index in [9.17, 15) is 24.3 Å². The minimum absolute atomic E-state index is 0.0347. The highest BCUT2D eigenvalue weighted by Crippen LogP contribution is 2.33. The third-order valence-corrected chi connectivity index (χ3v) is 13.7. The third-order valence-electron chi connectivity index (χ3n) is 12.2. The lowest BCUT2D eigenvalue weighted by Crippen LogP contribution is -2.36. The molecule has 0 spiro atoms. The number of unbranched alkanes of at least 4 members (excludes halogenated alkanes) is 1. The van der Waals surface area contributed by atoms with Crippen molar-refractivity contribution in [3.8, 4) is 16.9 Å². The number of nitrogens with zero attached hydrogens (tertiary/aromatic N) is 1. The van der Waals surface area contributed by atoms with Crippen molar-refractivity contribution < 1.29 is 85.9 Å². The van der Waals surface area contributed by atoms with E-state index in [-0.39, 0.29) is 54.4 Å². The predicted molar refractivity (Wildman–Crippen MR) is 293 cm³/mol. The number of esters is 1. The molecule has 0 unspecified atom stereocenters. The lowest BCUT2D eigenvalue weighted by molar-refractivity contribution is -0.123. The van der Waals surface area contributed by atoms with Crippen LogP contribution in [0.2, 0.25) is 0 Å². The smallest absolute Gasteiger partial charge is 0.356 e. The summed E-state index contributed by atoms with van der Waals surface area (Å²) >= 11 is 1.90. The number of urea groups is 1. The standard InChI is InChI=1S/C55H83N5O18S/c1-66-54(64)47-39-49(61)45-38-44(10-11-46(45)58-47)43-8-6-42(7-9-43)40-57-52(63)12-14-67-16-18-69-20-22-71-24-26-73-28-30-75-32-34-77-36-37-78-35-33-76-31-29-74-27-25-72-23-21-70-19-17-68-15-13-56-51(62)5-3-2-4-50-53-48(41-79-50)59-55(65)60-53/h6-11,38-39,48,50,53H,2-5,12-37,40-41H2,1H3,(H,56,62)(H,57,63)(H,58,61)(H2,59,60,65)/t48-,50-,53-/m0/s1. The van der Waals surface area contributed by atoms with Crippen LogP contribution < -0.4 is 21.3 Å². The molecule has 3 heterocycles. The van der Waals surface area contributed by atoms with Gasteiger partial charge in [-0.1, -0.05) is 36.8 Å². The van der Waals surface area contributed by atoms with Crippen LogP contribution in [0.15, 0.2) is 48.5 Å². The summed E-state index contributed by atoms with van der Waals surface area (Å²) in [5.41, 5.74) is 3.25. The van der Waals surface area contributed by atoms with Crippen LogP contribution in [0.1, 0.15) is 48.2 Å². The number of methoxy groups -OCH3 is 1. The van der Waals surface area contributed by atoms with Gasteiger partial charge >= 0.3 is 12.0 Å². The number of benzene rings is 2. The Morgan fingerprint density at radius 1 is 0.570 bits per heavy atom. The molecular formula is C55H83N5O18S. The SMILES string of the molecule is COC(=O)c1cc(O)c2cc(-c3ccc(CNC(=O)CCOCCOCCOCCOCCOCCOCCOCCOCCOCCOCCOCCOCCNC(=O)CCCC[C@@H]4SC[C@@H]5NC(=O)N[C@@H]54)cc3)ccc2n1. The molecule has 3 atom stereocenters. The molecular weight excluding hydrogens is 1050 g/mol. The molecule has 4 amide bonds. The van der Waals surface area contributed by atoms with Crippen molar-refractivity contribution in [2.45, 2.75) is 56.0 Å². The van der Waals surface area contributed by atoms with Crippen LogP contribution in [0, 0.1) is 0 Å². The summed E-state index contributed by atoms with van der Waals surface area (Å²) in [6, 6.07) is 14.8. The lowest BCUT2D eigenvalue weighted by atomic mass is 10.0. The summed E-state index contributed by atoms with van der Waals surface area (Å²) in [5.74, 6) is 0.192. The number of amides is 4. The number of hydrogen-bond acceptors (Lipinski definition) is 20. The summed E-state index contributed by atoms with van der Waals surface area (Å²) < 4.78 is 71.0. The second kappa shape index (κ2) is 41.2. The van der Waals surface area contributed by atoms with E-state index in [2.05, 4.69) is 26.3 Å². The van der Waals surface area contributed by atoms with Gasteiger partial charge in [-0.2, -0.15) is 11.8 Å². The van der Waals surface area contributed by atoms with E-state index in [0.717, 1.165) is 41.7 Å². The van der Waals surface area contributed by atoms with Gasteiger partial charge in [0.15, 0.2) is 5.69 Å². The predicted octanol–water partition coefficient (Wildman–Crippen LogP) is 3.44. The van der Waals surface area contributed by atoms with E-state index in [1.165, 1.54) is 13.2 Å². The van der Waals surface area contributed by atoms with Gasteiger partial charge in [0, 0.05) is 48.4 Å². The van der Waals surface area contributed by atoms with E-state index in [1.54, 1.807) is 6.07 Å². The van der Waals surface area contributed by atoms with Gasteiger partial charge in [0.05, 0.1) is 183 Å². The molecule has 79 heavy (non-hydrogen) atoms. The number of pyridine rings is 1. The quantitative estimate of drug-likeness (QED) is 0.0308. The molecule has 0 aliphatic carbocycles. The maximum Gasteiger partial charge on any atom is 0.356 e. The summed E-state index contributed by atoms with van der Waals surface area (Å²) in [4.78, 5) is 52.0. The van der Waals surface area contributed by atoms with Gasteiger partial charge in [0.2, 0.25) is 11.8 Å². The van der Waals surface area contributed by atoms with E-state index in [1.807, 2.05) is 48.2 Å². The number of carbonyl (C=O) groups excluding carboxylic acids is 4. The first-order valence-electron chi connectivity index (χ1n) is 27.3. The molecule has 5 N–H and O–H groups in total. The molecule has 2 aliphatic heterocycles. The van der Waals surface area contributed by atoms with Gasteiger partial charge in [-0.25, -0.2) is 14.6 Å². The fraction of sp³-hybridized carbons (Fsp3) is 0.655. The van der Waals surface area contributed by atoms with Gasteiger partial charge in [0.25, 0.3) is 0 Å². The number of thioether (sulfide) groups is 1. The van der Waals surface area contributed by atoms with Crippen LogP contribution >= 0.6 is 11.8 Å². The number of fused-ring (bicyclic) bond motifs is 2. The molecule has 2 aliphatic rings. The number of carbonyl (C=O) groups is 4. The summed E-state index contributed by atoms with van der Waals surface area (Å²) in [6.45, 7) is 11.5. The van der Waals surface area contributed by atoms with E-state index < -0.39 is 5.97 Å². The number of aromatic nitrogens is 1. The van der Waals surface area contributed by atoms with Gasteiger partial charge in [-0.3, -0.25) is 9.59 Å². The Labute approximate surface area is 467 Å². The van der Waals surface area contributed by atoms with Crippen molar-refractivity contribution in [3.05, 3.63) is 59.8 Å². The zero-order chi connectivity index (χ0) is 55.8. The fourth-order valence-corrected chi connectivity index (χ4v) is 9.56. The Balaban J connectivity index is 0.657.